The van der Waals surface area contributed by atoms with Crippen LogP contribution in [-0.2, 0) is 11.3 Å². The topological polar surface area (TPSA) is 73.9 Å². The van der Waals surface area contributed by atoms with Crippen molar-refractivity contribution in [3.8, 4) is 17.2 Å². The Morgan fingerprint density at radius 2 is 2.12 bits per heavy atom. The Morgan fingerprint density at radius 1 is 1.31 bits per heavy atom. The van der Waals surface area contributed by atoms with E-state index in [1.807, 2.05) is 0 Å². The monoisotopic (exact) mass is 225 g/mol. The van der Waals surface area contributed by atoms with E-state index in [1.165, 1.54) is 0 Å². The lowest BCUT2D eigenvalue weighted by atomic mass is 10.1. The maximum absolute atomic E-state index is 9.98. The molecule has 0 unspecified atom stereocenters. The zero-order valence-corrected chi connectivity index (χ0v) is 8.94. The molecule has 3 N–H and O–H groups in total. The molecular formula is C11H15NO4. The van der Waals surface area contributed by atoms with Crippen molar-refractivity contribution in [2.75, 3.05) is 19.8 Å². The molecule has 16 heavy (non-hydrogen) atoms. The summed E-state index contributed by atoms with van der Waals surface area (Å²) in [6.45, 7) is 1.52. The van der Waals surface area contributed by atoms with Crippen LogP contribution in [0.1, 0.15) is 12.0 Å². The molecule has 2 rings (SSSR count). The highest BCUT2D eigenvalue weighted by Crippen LogP contribution is 2.40. The maximum atomic E-state index is 9.98. The number of aromatic hydroxyl groups is 1. The van der Waals surface area contributed by atoms with E-state index in [9.17, 15) is 5.11 Å². The minimum Gasteiger partial charge on any atom is -0.504 e. The van der Waals surface area contributed by atoms with Crippen LogP contribution < -0.4 is 15.4 Å². The molecule has 0 fully saturated rings. The van der Waals surface area contributed by atoms with E-state index < -0.39 is 0 Å². The largest absolute Gasteiger partial charge is 0.504 e. The van der Waals surface area contributed by atoms with E-state index >= 15 is 0 Å². The molecular weight excluding hydrogens is 210 g/mol. The SMILES string of the molecule is NOCCc1ccc2c(c1O)OCCCO2. The van der Waals surface area contributed by atoms with Gasteiger partial charge < -0.3 is 19.4 Å². The lowest BCUT2D eigenvalue weighted by Crippen LogP contribution is -2.04. The lowest BCUT2D eigenvalue weighted by Gasteiger charge is -2.12. The Balaban J connectivity index is 2.26. The van der Waals surface area contributed by atoms with Gasteiger partial charge in [-0.15, -0.1) is 0 Å². The molecule has 1 aliphatic heterocycles. The summed E-state index contributed by atoms with van der Waals surface area (Å²) in [6, 6.07) is 3.59. The van der Waals surface area contributed by atoms with Gasteiger partial charge in [-0.1, -0.05) is 6.07 Å². The fourth-order valence-corrected chi connectivity index (χ4v) is 1.63. The molecule has 0 saturated heterocycles. The third-order valence-corrected chi connectivity index (χ3v) is 2.46. The maximum Gasteiger partial charge on any atom is 0.203 e. The number of hydrogen-bond acceptors (Lipinski definition) is 5. The summed E-state index contributed by atoms with van der Waals surface area (Å²) in [4.78, 5) is 4.49. The third-order valence-electron chi connectivity index (χ3n) is 2.46. The number of benzene rings is 1. The first-order chi connectivity index (χ1) is 7.83. The van der Waals surface area contributed by atoms with Gasteiger partial charge in [0.05, 0.1) is 19.8 Å². The summed E-state index contributed by atoms with van der Waals surface area (Å²) < 4.78 is 10.9. The van der Waals surface area contributed by atoms with Gasteiger partial charge in [-0.2, -0.15) is 0 Å². The zero-order chi connectivity index (χ0) is 11.4. The molecule has 0 spiro atoms. The van der Waals surface area contributed by atoms with Crippen LogP contribution in [0, 0.1) is 0 Å². The number of ether oxygens (including phenoxy) is 2. The number of nitrogens with two attached hydrogens (primary N) is 1. The Bertz CT molecular complexity index is 367. The molecule has 0 amide bonds. The number of phenols is 1. The van der Waals surface area contributed by atoms with Gasteiger partial charge in [0.15, 0.2) is 11.5 Å². The standard InChI is InChI=1S/C11H15NO4/c12-16-7-4-8-2-3-9-11(10(8)13)15-6-1-5-14-9/h2-3,13H,1,4-7,12H2. The Hall–Kier alpha value is -1.46. The van der Waals surface area contributed by atoms with E-state index in [1.54, 1.807) is 12.1 Å². The fourth-order valence-electron chi connectivity index (χ4n) is 1.63. The van der Waals surface area contributed by atoms with Crippen LogP contribution in [0.15, 0.2) is 12.1 Å². The normalized spacial score (nSPS) is 14.6. The first-order valence-electron chi connectivity index (χ1n) is 5.25. The molecule has 0 bridgehead atoms. The van der Waals surface area contributed by atoms with Crippen molar-refractivity contribution in [3.05, 3.63) is 17.7 Å². The molecule has 0 atom stereocenters. The minimum atomic E-state index is 0.122. The average molecular weight is 225 g/mol. The van der Waals surface area contributed by atoms with Gasteiger partial charge in [0.2, 0.25) is 5.75 Å². The fraction of sp³-hybridized carbons (Fsp3) is 0.455. The predicted octanol–water partition coefficient (Wildman–Crippen LogP) is 0.986. The highest BCUT2D eigenvalue weighted by molar-refractivity contribution is 5.55. The smallest absolute Gasteiger partial charge is 0.203 e. The first kappa shape index (κ1) is 11.0. The Kier molecular flexibility index (Phi) is 3.48. The average Bonchev–Trinajstić information content (AvgIpc) is 2.54. The predicted molar refractivity (Wildman–Crippen MR) is 57.6 cm³/mol. The van der Waals surface area contributed by atoms with Crippen LogP contribution in [-0.4, -0.2) is 24.9 Å². The number of hydrogen-bond donors (Lipinski definition) is 2. The van der Waals surface area contributed by atoms with E-state index in [4.69, 9.17) is 15.4 Å². The highest BCUT2D eigenvalue weighted by Gasteiger charge is 2.17. The molecule has 1 aliphatic rings. The van der Waals surface area contributed by atoms with Crippen LogP contribution in [0.2, 0.25) is 0 Å². The lowest BCUT2D eigenvalue weighted by molar-refractivity contribution is 0.140. The van der Waals surface area contributed by atoms with Crippen LogP contribution in [0.5, 0.6) is 17.2 Å². The van der Waals surface area contributed by atoms with Crippen LogP contribution in [0.4, 0.5) is 0 Å². The summed E-state index contributed by atoms with van der Waals surface area (Å²) in [6.07, 6.45) is 1.36. The minimum absolute atomic E-state index is 0.122. The summed E-state index contributed by atoms with van der Waals surface area (Å²) in [5, 5.41) is 9.98. The molecule has 0 aliphatic carbocycles. The van der Waals surface area contributed by atoms with Gasteiger partial charge in [0.1, 0.15) is 0 Å². The molecule has 5 nitrogen and oxygen atoms in total. The van der Waals surface area contributed by atoms with Crippen molar-refractivity contribution >= 4 is 0 Å². The van der Waals surface area contributed by atoms with E-state index in [0.29, 0.717) is 37.7 Å². The summed E-state index contributed by atoms with van der Waals surface area (Å²) in [5.41, 5.74) is 0.745. The molecule has 1 heterocycles. The second-order valence-corrected chi connectivity index (χ2v) is 3.57. The molecule has 1 aromatic carbocycles. The molecule has 5 heteroatoms. The van der Waals surface area contributed by atoms with Crippen molar-refractivity contribution in [1.29, 1.82) is 0 Å². The van der Waals surface area contributed by atoms with Gasteiger partial charge in [0.25, 0.3) is 0 Å². The van der Waals surface area contributed by atoms with E-state index in [2.05, 4.69) is 4.84 Å². The van der Waals surface area contributed by atoms with Gasteiger partial charge in [-0.05, 0) is 6.07 Å². The second kappa shape index (κ2) is 5.05. The summed E-state index contributed by atoms with van der Waals surface area (Å²) >= 11 is 0. The molecule has 88 valence electrons. The number of rotatable bonds is 3. The van der Waals surface area contributed by atoms with Gasteiger partial charge in [-0.3, -0.25) is 0 Å². The van der Waals surface area contributed by atoms with Crippen molar-refractivity contribution in [2.24, 2.45) is 5.90 Å². The molecule has 0 saturated carbocycles. The number of fused-ring (bicyclic) bond motifs is 1. The van der Waals surface area contributed by atoms with Crippen LogP contribution >= 0.6 is 0 Å². The van der Waals surface area contributed by atoms with Gasteiger partial charge in [-0.25, -0.2) is 5.90 Å². The highest BCUT2D eigenvalue weighted by atomic mass is 16.6. The van der Waals surface area contributed by atoms with E-state index in [0.717, 1.165) is 12.0 Å². The Morgan fingerprint density at radius 3 is 2.94 bits per heavy atom. The first-order valence-corrected chi connectivity index (χ1v) is 5.25. The molecule has 0 radical (unpaired) electrons. The van der Waals surface area contributed by atoms with Gasteiger partial charge >= 0.3 is 0 Å². The molecule has 0 aromatic heterocycles. The molecule has 1 aromatic rings. The quantitative estimate of drug-likeness (QED) is 0.750. The van der Waals surface area contributed by atoms with Crippen LogP contribution in [0.25, 0.3) is 0 Å². The van der Waals surface area contributed by atoms with Crippen molar-refractivity contribution < 1.29 is 19.4 Å². The van der Waals surface area contributed by atoms with Gasteiger partial charge in [0, 0.05) is 18.4 Å². The van der Waals surface area contributed by atoms with E-state index in [-0.39, 0.29) is 5.75 Å². The van der Waals surface area contributed by atoms with Crippen LogP contribution in [0.3, 0.4) is 0 Å². The third kappa shape index (κ3) is 2.20. The van der Waals surface area contributed by atoms with Crippen molar-refractivity contribution in [1.82, 2.24) is 0 Å². The second-order valence-electron chi connectivity index (χ2n) is 3.57. The number of phenolic OH excluding ortho intramolecular Hbond substituents is 1. The summed E-state index contributed by atoms with van der Waals surface area (Å²) in [5.74, 6) is 6.09. The zero-order valence-electron chi connectivity index (χ0n) is 8.94. The van der Waals surface area contributed by atoms with Crippen molar-refractivity contribution in [3.63, 3.8) is 0 Å². The Labute approximate surface area is 93.7 Å². The summed E-state index contributed by atoms with van der Waals surface area (Å²) in [7, 11) is 0. The van der Waals surface area contributed by atoms with Crippen molar-refractivity contribution in [2.45, 2.75) is 12.8 Å².